The topological polar surface area (TPSA) is 57.7 Å². The van der Waals surface area contributed by atoms with Crippen molar-refractivity contribution in [1.29, 1.82) is 0 Å². The van der Waals surface area contributed by atoms with Gasteiger partial charge in [0.2, 0.25) is 5.91 Å². The third kappa shape index (κ3) is 3.46. The molecule has 128 valence electrons. The summed E-state index contributed by atoms with van der Waals surface area (Å²) in [5, 5.41) is 4.24. The van der Waals surface area contributed by atoms with Gasteiger partial charge in [0.1, 0.15) is 0 Å². The quantitative estimate of drug-likeness (QED) is 0.827. The number of rotatable bonds is 4. The Balaban J connectivity index is 1.69. The van der Waals surface area contributed by atoms with Crippen molar-refractivity contribution in [2.24, 2.45) is 0 Å². The molecule has 0 radical (unpaired) electrons. The molecule has 2 aliphatic heterocycles. The molecule has 0 aliphatic carbocycles. The number of hydrogen-bond acceptors (Lipinski definition) is 5. The Morgan fingerprint density at radius 3 is 2.83 bits per heavy atom. The van der Waals surface area contributed by atoms with Crippen LogP contribution in [0.3, 0.4) is 0 Å². The van der Waals surface area contributed by atoms with E-state index in [1.807, 2.05) is 6.92 Å². The monoisotopic (exact) mass is 356 g/mol. The number of sulfone groups is 1. The highest BCUT2D eigenvalue weighted by molar-refractivity contribution is 7.91. The lowest BCUT2D eigenvalue weighted by molar-refractivity contribution is -0.137. The van der Waals surface area contributed by atoms with Gasteiger partial charge in [-0.1, -0.05) is 0 Å². The summed E-state index contributed by atoms with van der Waals surface area (Å²) in [6, 6.07) is 2.06. The van der Waals surface area contributed by atoms with Gasteiger partial charge in [0, 0.05) is 19.1 Å². The van der Waals surface area contributed by atoms with Crippen LogP contribution in [0.25, 0.3) is 0 Å². The van der Waals surface area contributed by atoms with E-state index in [1.165, 1.54) is 5.56 Å². The predicted molar refractivity (Wildman–Crippen MR) is 92.3 cm³/mol. The standard InChI is InChI=1S/C16H24N2O3S2/c1-12(16(19)17(2)14-6-9-23(20,21)11-14)18-7-3-4-15(18)13-5-8-22-10-13/h5,8,10,12,14-15H,3-4,6-7,9,11H2,1-2H3/t12-,14-,15-/m1/s1. The number of hydrogen-bond donors (Lipinski definition) is 0. The second-order valence-electron chi connectivity index (χ2n) is 6.63. The third-order valence-corrected chi connectivity index (χ3v) is 7.63. The Hall–Kier alpha value is -0.920. The van der Waals surface area contributed by atoms with Crippen LogP contribution in [0.15, 0.2) is 16.8 Å². The van der Waals surface area contributed by atoms with Crippen LogP contribution in [0.4, 0.5) is 0 Å². The molecule has 3 heterocycles. The summed E-state index contributed by atoms with van der Waals surface area (Å²) in [6.07, 6.45) is 2.74. The molecule has 3 atom stereocenters. The summed E-state index contributed by atoms with van der Waals surface area (Å²) in [5.41, 5.74) is 1.29. The molecule has 1 aromatic rings. The second-order valence-corrected chi connectivity index (χ2v) is 9.64. The molecule has 1 amide bonds. The van der Waals surface area contributed by atoms with Crippen LogP contribution in [0.2, 0.25) is 0 Å². The van der Waals surface area contributed by atoms with Crippen molar-refractivity contribution in [3.8, 4) is 0 Å². The van der Waals surface area contributed by atoms with Crippen LogP contribution in [0.1, 0.15) is 37.8 Å². The maximum atomic E-state index is 12.8. The molecule has 0 aromatic carbocycles. The summed E-state index contributed by atoms with van der Waals surface area (Å²) in [6.45, 7) is 2.87. The number of carbonyl (C=O) groups is 1. The van der Waals surface area contributed by atoms with Gasteiger partial charge in [-0.3, -0.25) is 9.69 Å². The Labute approximate surface area is 142 Å². The zero-order valence-electron chi connectivity index (χ0n) is 13.6. The Bertz CT molecular complexity index is 657. The average molecular weight is 357 g/mol. The van der Waals surface area contributed by atoms with Gasteiger partial charge in [-0.25, -0.2) is 8.42 Å². The lowest BCUT2D eigenvalue weighted by Crippen LogP contribution is -2.49. The molecule has 0 bridgehead atoms. The van der Waals surface area contributed by atoms with Gasteiger partial charge in [-0.2, -0.15) is 11.3 Å². The van der Waals surface area contributed by atoms with E-state index >= 15 is 0 Å². The van der Waals surface area contributed by atoms with Gasteiger partial charge >= 0.3 is 0 Å². The minimum Gasteiger partial charge on any atom is -0.340 e. The summed E-state index contributed by atoms with van der Waals surface area (Å²) in [4.78, 5) is 16.8. The van der Waals surface area contributed by atoms with Gasteiger partial charge in [0.25, 0.3) is 0 Å². The van der Waals surface area contributed by atoms with E-state index in [0.29, 0.717) is 12.5 Å². The third-order valence-electron chi connectivity index (χ3n) is 5.18. The molecule has 2 aliphatic rings. The Morgan fingerprint density at radius 1 is 1.43 bits per heavy atom. The number of likely N-dealkylation sites (N-methyl/N-ethyl adjacent to an activating group) is 1. The van der Waals surface area contributed by atoms with Crippen LogP contribution in [-0.4, -0.2) is 61.3 Å². The molecule has 2 fully saturated rings. The molecular formula is C16H24N2O3S2. The Kier molecular flexibility index (Phi) is 4.80. The fourth-order valence-electron chi connectivity index (χ4n) is 3.77. The lowest BCUT2D eigenvalue weighted by atomic mass is 10.1. The van der Waals surface area contributed by atoms with Gasteiger partial charge in [-0.05, 0) is 55.1 Å². The van der Waals surface area contributed by atoms with Crippen LogP contribution < -0.4 is 0 Å². The van der Waals surface area contributed by atoms with Gasteiger partial charge in [-0.15, -0.1) is 0 Å². The molecule has 2 saturated heterocycles. The first-order valence-corrected chi connectivity index (χ1v) is 10.9. The minimum absolute atomic E-state index is 0.0363. The molecule has 3 rings (SSSR count). The second kappa shape index (κ2) is 6.53. The predicted octanol–water partition coefficient (Wildman–Crippen LogP) is 1.92. The van der Waals surface area contributed by atoms with E-state index in [1.54, 1.807) is 23.3 Å². The molecular weight excluding hydrogens is 332 g/mol. The molecule has 1 aromatic heterocycles. The number of likely N-dealkylation sites (tertiary alicyclic amines) is 1. The van der Waals surface area contributed by atoms with E-state index in [4.69, 9.17) is 0 Å². The van der Waals surface area contributed by atoms with Crippen molar-refractivity contribution in [3.63, 3.8) is 0 Å². The first kappa shape index (κ1) is 16.9. The first-order valence-electron chi connectivity index (χ1n) is 8.14. The zero-order valence-corrected chi connectivity index (χ0v) is 15.3. The summed E-state index contributed by atoms with van der Waals surface area (Å²) in [5.74, 6) is 0.343. The number of amides is 1. The maximum Gasteiger partial charge on any atom is 0.239 e. The van der Waals surface area contributed by atoms with Crippen molar-refractivity contribution < 1.29 is 13.2 Å². The molecule has 0 N–H and O–H groups in total. The maximum absolute atomic E-state index is 12.8. The smallest absolute Gasteiger partial charge is 0.239 e. The number of nitrogens with zero attached hydrogens (tertiary/aromatic N) is 2. The van der Waals surface area contributed by atoms with Crippen LogP contribution in [-0.2, 0) is 14.6 Å². The van der Waals surface area contributed by atoms with E-state index in [0.717, 1.165) is 19.4 Å². The largest absolute Gasteiger partial charge is 0.340 e. The van der Waals surface area contributed by atoms with Crippen LogP contribution in [0.5, 0.6) is 0 Å². The normalized spacial score (nSPS) is 28.8. The van der Waals surface area contributed by atoms with Crippen molar-refractivity contribution in [2.45, 2.75) is 44.3 Å². The molecule has 5 nitrogen and oxygen atoms in total. The van der Waals surface area contributed by atoms with Gasteiger partial charge < -0.3 is 4.90 Å². The minimum atomic E-state index is -2.97. The van der Waals surface area contributed by atoms with Crippen LogP contribution >= 0.6 is 11.3 Å². The highest BCUT2D eigenvalue weighted by Crippen LogP contribution is 2.35. The number of carbonyl (C=O) groups excluding carboxylic acids is 1. The highest BCUT2D eigenvalue weighted by Gasteiger charge is 2.38. The first-order chi connectivity index (χ1) is 10.9. The van der Waals surface area contributed by atoms with Crippen molar-refractivity contribution in [3.05, 3.63) is 22.4 Å². The van der Waals surface area contributed by atoms with Crippen molar-refractivity contribution in [1.82, 2.24) is 9.80 Å². The summed E-state index contributed by atoms with van der Waals surface area (Å²) >= 11 is 1.69. The van der Waals surface area contributed by atoms with Crippen LogP contribution in [0, 0.1) is 0 Å². The fraction of sp³-hybridized carbons (Fsp3) is 0.688. The lowest BCUT2D eigenvalue weighted by Gasteiger charge is -2.34. The van der Waals surface area contributed by atoms with E-state index in [9.17, 15) is 13.2 Å². The molecule has 23 heavy (non-hydrogen) atoms. The van der Waals surface area contributed by atoms with Gasteiger partial charge in [0.05, 0.1) is 17.5 Å². The SMILES string of the molecule is C[C@H](C(=O)N(C)[C@@H]1CCS(=O)(=O)C1)N1CCC[C@@H]1c1ccsc1. The number of thiophene rings is 1. The Morgan fingerprint density at radius 2 is 2.22 bits per heavy atom. The van der Waals surface area contributed by atoms with E-state index < -0.39 is 9.84 Å². The van der Waals surface area contributed by atoms with Crippen molar-refractivity contribution in [2.75, 3.05) is 25.1 Å². The fourth-order valence-corrected chi connectivity index (χ4v) is 6.25. The molecule has 0 spiro atoms. The zero-order chi connectivity index (χ0) is 16.6. The molecule has 7 heteroatoms. The van der Waals surface area contributed by atoms with Crippen molar-refractivity contribution >= 4 is 27.1 Å². The molecule has 0 saturated carbocycles. The van der Waals surface area contributed by atoms with E-state index in [-0.39, 0.29) is 29.5 Å². The molecule has 0 unspecified atom stereocenters. The van der Waals surface area contributed by atoms with E-state index in [2.05, 4.69) is 21.7 Å². The summed E-state index contributed by atoms with van der Waals surface area (Å²) < 4.78 is 23.3. The average Bonchev–Trinajstić information content (AvgIpc) is 3.23. The summed E-state index contributed by atoms with van der Waals surface area (Å²) in [7, 11) is -1.22. The van der Waals surface area contributed by atoms with Gasteiger partial charge in [0.15, 0.2) is 9.84 Å². The highest BCUT2D eigenvalue weighted by atomic mass is 32.2.